The number of nitrogens with zero attached hydrogens (tertiary/aromatic N) is 1. The summed E-state index contributed by atoms with van der Waals surface area (Å²) in [6, 6.07) is 43.8. The van der Waals surface area contributed by atoms with Crippen molar-refractivity contribution in [3.05, 3.63) is 213 Å². The summed E-state index contributed by atoms with van der Waals surface area (Å²) in [5.41, 5.74) is 4.83. The highest BCUT2D eigenvalue weighted by atomic mass is 32.2. The number of alkyl carbamates (subject to hydrolysis) is 1. The Balaban J connectivity index is 0.920. The Bertz CT molecular complexity index is 4970. The standard InChI is InChI=1S/C97H124N8O16S/c1-17-65-45-75(91(110)99-78-51-72(59(5)42-62(78)8)88(107)100-81-49-66(18-2)46-76(86(81)118-56-70-32-25-21-26-33-70)92(111)104-122(115,116)41-29-36-84(106)98-54-68-39-37-58(4)38-40-68)85(117-55-69-30-23-20-24-31-69)80(48-65)101-90(109)74-53-83(64(10)44-61(74)7)105(95(114)121-97(14,15)16)93(112)77-47-67(19-3)50-82(87(77)119-57-71-34-27-22-28-35-71)102-89(108)73-52-79(63(9)43-60(73)6)103-94(113)120-96(11,12)13/h20-28,30-35,37-40,45-50,59-64,72-74,78-79,83H,17-19,29,36,41-44,51-57H2,1-16H3,(H,98,106)(H,99,110)(H,100,107)(H,101,109)(H,102,108)(H,103,113)(H,104,111)/t59-,60-,61+,62+,63+,64-,72-,73-,74+,78+,79+,83?/m1/s1. The summed E-state index contributed by atoms with van der Waals surface area (Å²) in [5.74, 6) is -7.72. The first kappa shape index (κ1) is 93.2. The van der Waals surface area contributed by atoms with Crippen molar-refractivity contribution in [3.63, 3.8) is 0 Å². The predicted octanol–water partition coefficient (Wildman–Crippen LogP) is 17.6. The second-order valence-electron chi connectivity index (χ2n) is 35.7. The number of rotatable bonds is 31. The van der Waals surface area contributed by atoms with Gasteiger partial charge in [0.1, 0.15) is 31.0 Å². The first-order valence-corrected chi connectivity index (χ1v) is 44.7. The van der Waals surface area contributed by atoms with Gasteiger partial charge in [-0.3, -0.25) is 33.6 Å². The molecule has 12 atom stereocenters. The fourth-order valence-corrected chi connectivity index (χ4v) is 17.8. The molecule has 0 radical (unpaired) electrons. The van der Waals surface area contributed by atoms with E-state index < -0.39 is 104 Å². The van der Waals surface area contributed by atoms with Gasteiger partial charge in [0.15, 0.2) is 17.2 Å². The van der Waals surface area contributed by atoms with Crippen molar-refractivity contribution in [2.24, 2.45) is 53.3 Å². The topological polar surface area (TPSA) is 321 Å². The van der Waals surface area contributed by atoms with E-state index in [-0.39, 0.29) is 150 Å². The number of sulfonamides is 1. The molecule has 0 heterocycles. The van der Waals surface area contributed by atoms with Gasteiger partial charge in [-0.05, 0) is 224 Å². The Morgan fingerprint density at radius 3 is 1.25 bits per heavy atom. The lowest BCUT2D eigenvalue weighted by atomic mass is 9.71. The van der Waals surface area contributed by atoms with Crippen molar-refractivity contribution >= 4 is 80.6 Å². The maximum Gasteiger partial charge on any atom is 0.417 e. The smallest absolute Gasteiger partial charge is 0.417 e. The van der Waals surface area contributed by atoms with Crippen molar-refractivity contribution in [1.29, 1.82) is 0 Å². The van der Waals surface area contributed by atoms with Crippen LogP contribution in [0.4, 0.5) is 26.7 Å². The molecular formula is C97H124N8O16S. The van der Waals surface area contributed by atoms with Gasteiger partial charge in [0.25, 0.3) is 17.7 Å². The summed E-state index contributed by atoms with van der Waals surface area (Å²) in [6.45, 7) is 30.2. The van der Waals surface area contributed by atoms with E-state index >= 15 is 24.0 Å². The number of anilines is 3. The lowest BCUT2D eigenvalue weighted by molar-refractivity contribution is -0.124. The third kappa shape index (κ3) is 25.5. The van der Waals surface area contributed by atoms with E-state index in [0.29, 0.717) is 61.6 Å². The molecule has 7 aromatic carbocycles. The highest BCUT2D eigenvalue weighted by Gasteiger charge is 2.47. The Morgan fingerprint density at radius 1 is 0.434 bits per heavy atom. The van der Waals surface area contributed by atoms with E-state index in [1.54, 1.807) is 71.9 Å². The van der Waals surface area contributed by atoms with Gasteiger partial charge in [-0.1, -0.05) is 183 Å². The zero-order valence-corrected chi connectivity index (χ0v) is 74.4. The van der Waals surface area contributed by atoms with Gasteiger partial charge in [0.2, 0.25) is 33.7 Å². The third-order valence-electron chi connectivity index (χ3n) is 23.5. The molecule has 122 heavy (non-hydrogen) atoms. The van der Waals surface area contributed by atoms with Crippen LogP contribution in [-0.2, 0) is 84.3 Å². The molecule has 10 rings (SSSR count). The Labute approximate surface area is 719 Å². The van der Waals surface area contributed by atoms with Crippen LogP contribution in [-0.4, -0.2) is 102 Å². The number of hydrogen-bond acceptors (Lipinski definition) is 16. The minimum absolute atomic E-state index is 0.0127. The van der Waals surface area contributed by atoms with Crippen molar-refractivity contribution in [2.75, 3.05) is 21.7 Å². The van der Waals surface area contributed by atoms with E-state index in [0.717, 1.165) is 32.7 Å². The maximum atomic E-state index is 16.3. The molecule has 3 aliphatic rings. The summed E-state index contributed by atoms with van der Waals surface area (Å²) in [6.07, 6.45) is 1.48. The number of aryl methyl sites for hydroxylation is 4. The molecule has 3 fully saturated rings. The van der Waals surface area contributed by atoms with E-state index in [9.17, 15) is 27.6 Å². The molecule has 654 valence electrons. The van der Waals surface area contributed by atoms with Gasteiger partial charge in [-0.15, -0.1) is 0 Å². The van der Waals surface area contributed by atoms with E-state index in [2.05, 4.69) is 36.6 Å². The van der Waals surface area contributed by atoms with Crippen LogP contribution in [0.15, 0.2) is 152 Å². The molecule has 1 unspecified atom stereocenters. The Hall–Kier alpha value is -11.1. The normalized spacial score (nSPS) is 21.0. The molecule has 25 heteroatoms. The number of imide groups is 1. The number of carbonyl (C=O) groups excluding carboxylic acids is 9. The quantitative estimate of drug-likeness (QED) is 0.0212. The number of ether oxygens (including phenoxy) is 5. The molecule has 3 aliphatic carbocycles. The number of amides is 9. The summed E-state index contributed by atoms with van der Waals surface area (Å²) in [5, 5.41) is 18.6. The van der Waals surface area contributed by atoms with E-state index in [1.165, 1.54) is 6.07 Å². The molecule has 24 nitrogen and oxygen atoms in total. The van der Waals surface area contributed by atoms with Crippen LogP contribution in [0.2, 0.25) is 0 Å². The molecule has 9 amide bonds. The first-order valence-electron chi connectivity index (χ1n) is 43.0. The molecular weight excluding hydrogens is 1570 g/mol. The summed E-state index contributed by atoms with van der Waals surface area (Å²) in [7, 11) is -4.31. The highest BCUT2D eigenvalue weighted by molar-refractivity contribution is 7.90. The molecule has 3 saturated carbocycles. The summed E-state index contributed by atoms with van der Waals surface area (Å²) in [4.78, 5) is 135. The minimum atomic E-state index is -4.31. The number of nitrogens with one attached hydrogen (secondary N) is 7. The van der Waals surface area contributed by atoms with Gasteiger partial charge in [0, 0.05) is 48.8 Å². The Kier molecular flexibility index (Phi) is 31.8. The lowest BCUT2D eigenvalue weighted by Gasteiger charge is -2.43. The van der Waals surface area contributed by atoms with Crippen LogP contribution in [0.25, 0.3) is 0 Å². The number of benzene rings is 7. The molecule has 0 spiro atoms. The summed E-state index contributed by atoms with van der Waals surface area (Å²) < 4.78 is 61.3. The summed E-state index contributed by atoms with van der Waals surface area (Å²) >= 11 is 0. The third-order valence-corrected chi connectivity index (χ3v) is 24.8. The fraction of sp³-hybridized carbons (Fsp3) is 0.474. The van der Waals surface area contributed by atoms with E-state index in [1.807, 2.05) is 184 Å². The highest BCUT2D eigenvalue weighted by Crippen LogP contribution is 2.45. The fourth-order valence-electron chi connectivity index (χ4n) is 16.8. The monoisotopic (exact) mass is 1690 g/mol. The van der Waals surface area contributed by atoms with Crippen molar-refractivity contribution < 1.29 is 75.3 Å². The van der Waals surface area contributed by atoms with Crippen LogP contribution in [0.5, 0.6) is 17.2 Å². The second-order valence-corrected chi connectivity index (χ2v) is 37.5. The zero-order chi connectivity index (χ0) is 88.5. The molecule has 7 N–H and O–H groups in total. The number of hydrogen-bond donors (Lipinski definition) is 7. The Morgan fingerprint density at radius 2 is 0.828 bits per heavy atom. The molecule has 0 saturated heterocycles. The van der Waals surface area contributed by atoms with Crippen LogP contribution < -0.4 is 50.8 Å². The number of carbonyl (C=O) groups is 9. The van der Waals surface area contributed by atoms with Crippen LogP contribution in [0, 0.1) is 60.2 Å². The average molecular weight is 1690 g/mol. The largest absolute Gasteiger partial charge is 0.486 e. The van der Waals surface area contributed by atoms with Crippen LogP contribution in [0.3, 0.4) is 0 Å². The lowest BCUT2D eigenvalue weighted by Crippen LogP contribution is -2.54. The second kappa shape index (κ2) is 41.7. The maximum absolute atomic E-state index is 16.3. The van der Waals surface area contributed by atoms with E-state index in [4.69, 9.17) is 23.7 Å². The van der Waals surface area contributed by atoms with Crippen LogP contribution >= 0.6 is 0 Å². The van der Waals surface area contributed by atoms with Crippen molar-refractivity contribution in [1.82, 2.24) is 25.6 Å². The minimum Gasteiger partial charge on any atom is -0.486 e. The van der Waals surface area contributed by atoms with Gasteiger partial charge in [-0.2, -0.15) is 0 Å². The SMILES string of the molecule is CCc1cc(NC(=O)[C@H]2CC(N(C(=O)OC(C)(C)C)C(=O)c3cc(CC)cc(NC(=O)[C@@H]4C[C@H](NC(=O)OC(C)(C)C)[C@@H](C)C[C@H]4C)c3OCc3ccccc3)[C@H](C)C[C@@H]2C)c(OCc2ccccc2)c(C(=O)N[C@H]2C[C@@H](C(=O)Nc3cc(CC)cc(C(=O)NS(=O)(=O)CCCC(=O)NCc4ccc(C)cc4)c3OCc3ccccc3)[C@H](C)C[C@@H]2C)c1. The average Bonchev–Trinajstić information content (AvgIpc) is 0.771. The molecule has 7 aromatic rings. The van der Waals surface area contributed by atoms with Crippen molar-refractivity contribution in [3.8, 4) is 17.2 Å². The van der Waals surface area contributed by atoms with Crippen molar-refractivity contribution in [2.45, 2.75) is 237 Å². The first-order chi connectivity index (χ1) is 57.9. The molecule has 0 aromatic heterocycles. The predicted molar refractivity (Wildman–Crippen MR) is 473 cm³/mol. The molecule has 0 aliphatic heterocycles. The van der Waals surface area contributed by atoms with Gasteiger partial charge in [-0.25, -0.2) is 27.6 Å². The zero-order valence-electron chi connectivity index (χ0n) is 73.6. The molecule has 0 bridgehead atoms. The van der Waals surface area contributed by atoms with Gasteiger partial charge < -0.3 is 55.6 Å². The van der Waals surface area contributed by atoms with Crippen LogP contribution in [0.1, 0.15) is 231 Å². The van der Waals surface area contributed by atoms with Gasteiger partial charge in [0.05, 0.1) is 39.5 Å². The van der Waals surface area contributed by atoms with Gasteiger partial charge >= 0.3 is 12.2 Å².